The van der Waals surface area contributed by atoms with E-state index in [1.165, 1.54) is 12.1 Å². The van der Waals surface area contributed by atoms with Gasteiger partial charge in [0.25, 0.3) is 0 Å². The lowest BCUT2D eigenvalue weighted by molar-refractivity contribution is -0.124. The van der Waals surface area contributed by atoms with Crippen LogP contribution in [0.2, 0.25) is 0 Å². The first-order valence-corrected chi connectivity index (χ1v) is 11.5. The maximum absolute atomic E-state index is 13.2. The molecule has 33 heavy (non-hydrogen) atoms. The fraction of sp³-hybridized carbons (Fsp3) is 0.385. The minimum Gasteiger partial charge on any atom is -0.445 e. The van der Waals surface area contributed by atoms with Gasteiger partial charge in [0.2, 0.25) is 5.91 Å². The second kappa shape index (κ2) is 11.0. The first-order chi connectivity index (χ1) is 16.0. The third-order valence-electron chi connectivity index (χ3n) is 6.07. The van der Waals surface area contributed by atoms with Gasteiger partial charge in [-0.05, 0) is 54.5 Å². The molecule has 0 radical (unpaired) electrons. The Labute approximate surface area is 193 Å². The van der Waals surface area contributed by atoms with Gasteiger partial charge in [0.1, 0.15) is 12.4 Å². The summed E-state index contributed by atoms with van der Waals surface area (Å²) in [6.45, 7) is 1.18. The van der Waals surface area contributed by atoms with E-state index in [-0.39, 0.29) is 37.0 Å². The molecule has 0 aromatic heterocycles. The zero-order chi connectivity index (χ0) is 23.0. The van der Waals surface area contributed by atoms with E-state index < -0.39 is 6.09 Å². The van der Waals surface area contributed by atoms with E-state index in [0.29, 0.717) is 13.0 Å². The van der Waals surface area contributed by atoms with Gasteiger partial charge in [-0.3, -0.25) is 4.79 Å². The Kier molecular flexibility index (Phi) is 7.60. The van der Waals surface area contributed by atoms with Gasteiger partial charge in [-0.15, -0.1) is 0 Å². The number of amides is 2. The molecule has 1 aliphatic carbocycles. The molecule has 2 aromatic carbocycles. The van der Waals surface area contributed by atoms with Crippen molar-refractivity contribution in [2.45, 2.75) is 50.8 Å². The molecular formula is C26H30FN3O3. The van der Waals surface area contributed by atoms with Crippen molar-refractivity contribution in [1.29, 1.82) is 0 Å². The van der Waals surface area contributed by atoms with E-state index in [4.69, 9.17) is 4.74 Å². The maximum atomic E-state index is 13.2. The average molecular weight is 452 g/mol. The highest BCUT2D eigenvalue weighted by atomic mass is 19.1. The van der Waals surface area contributed by atoms with Gasteiger partial charge >= 0.3 is 6.09 Å². The van der Waals surface area contributed by atoms with Gasteiger partial charge in [0.05, 0.1) is 18.6 Å². The van der Waals surface area contributed by atoms with Crippen LogP contribution >= 0.6 is 0 Å². The lowest BCUT2D eigenvalue weighted by Crippen LogP contribution is -2.53. The summed E-state index contributed by atoms with van der Waals surface area (Å²) in [6, 6.07) is 15.8. The summed E-state index contributed by atoms with van der Waals surface area (Å²) >= 11 is 0. The summed E-state index contributed by atoms with van der Waals surface area (Å²) in [7, 11) is 0. The molecule has 2 aliphatic rings. The molecule has 2 N–H and O–H groups in total. The summed E-state index contributed by atoms with van der Waals surface area (Å²) in [4.78, 5) is 26.7. The maximum Gasteiger partial charge on any atom is 0.407 e. The van der Waals surface area contributed by atoms with Gasteiger partial charge in [0.15, 0.2) is 0 Å². The molecular weight excluding hydrogens is 421 g/mol. The average Bonchev–Trinajstić information content (AvgIpc) is 2.81. The predicted octanol–water partition coefficient (Wildman–Crippen LogP) is 3.92. The highest BCUT2D eigenvalue weighted by molar-refractivity contribution is 5.79. The van der Waals surface area contributed by atoms with Crippen molar-refractivity contribution < 1.29 is 18.7 Å². The highest BCUT2D eigenvalue weighted by Gasteiger charge is 2.26. The SMILES string of the molecule is O=C1CN(/C=C2/CCCC[C@H]2NC(=O)OCc2ccccc2)C[C@H](Cc2ccc(F)cc2)N1. The van der Waals surface area contributed by atoms with Gasteiger partial charge in [-0.25, -0.2) is 9.18 Å². The number of nitrogens with one attached hydrogen (secondary N) is 2. The summed E-state index contributed by atoms with van der Waals surface area (Å²) in [6.07, 6.45) is 6.07. The van der Waals surface area contributed by atoms with E-state index in [0.717, 1.165) is 42.4 Å². The molecule has 174 valence electrons. The standard InChI is InChI=1S/C26H30FN3O3/c27-22-12-10-19(11-13-22)14-23-16-30(17-25(31)28-23)15-21-8-4-5-9-24(21)29-26(32)33-18-20-6-2-1-3-7-20/h1-3,6-7,10-13,15,23-24H,4-5,8-9,14,16-18H2,(H,28,31)(H,29,32)/b21-15-/t23-,24+/m0/s1. The van der Waals surface area contributed by atoms with Crippen molar-refractivity contribution in [3.8, 4) is 0 Å². The quantitative estimate of drug-likeness (QED) is 0.699. The number of rotatable bonds is 6. The van der Waals surface area contributed by atoms with Crippen LogP contribution in [0, 0.1) is 5.82 Å². The molecule has 0 unspecified atom stereocenters. The number of ether oxygens (including phenoxy) is 1. The van der Waals surface area contributed by atoms with E-state index in [2.05, 4.69) is 10.6 Å². The molecule has 0 spiro atoms. The van der Waals surface area contributed by atoms with Crippen LogP contribution in [-0.4, -0.2) is 42.1 Å². The Bertz CT molecular complexity index is 978. The number of nitrogens with zero attached hydrogens (tertiary/aromatic N) is 1. The number of hydrogen-bond acceptors (Lipinski definition) is 4. The van der Waals surface area contributed by atoms with Crippen LogP contribution in [0.1, 0.15) is 36.8 Å². The number of hydrogen-bond donors (Lipinski definition) is 2. The molecule has 2 atom stereocenters. The molecule has 7 heteroatoms. The zero-order valence-corrected chi connectivity index (χ0v) is 18.6. The molecule has 2 amide bonds. The van der Waals surface area contributed by atoms with E-state index in [1.807, 2.05) is 41.4 Å². The van der Waals surface area contributed by atoms with Crippen LogP contribution in [-0.2, 0) is 22.6 Å². The molecule has 1 saturated carbocycles. The molecule has 1 saturated heterocycles. The van der Waals surface area contributed by atoms with Crippen LogP contribution in [0.25, 0.3) is 0 Å². The Hall–Kier alpha value is -3.35. The van der Waals surface area contributed by atoms with Crippen molar-refractivity contribution in [1.82, 2.24) is 15.5 Å². The predicted molar refractivity (Wildman–Crippen MR) is 124 cm³/mol. The Morgan fingerprint density at radius 3 is 2.70 bits per heavy atom. The van der Waals surface area contributed by atoms with Crippen LogP contribution in [0.3, 0.4) is 0 Å². The second-order valence-electron chi connectivity index (χ2n) is 8.73. The van der Waals surface area contributed by atoms with Crippen molar-refractivity contribution in [2.75, 3.05) is 13.1 Å². The third-order valence-corrected chi connectivity index (χ3v) is 6.07. The molecule has 4 rings (SSSR count). The van der Waals surface area contributed by atoms with E-state index in [1.54, 1.807) is 12.1 Å². The van der Waals surface area contributed by atoms with Crippen LogP contribution in [0.5, 0.6) is 0 Å². The normalized spacial score (nSPS) is 22.0. The molecule has 2 fully saturated rings. The lowest BCUT2D eigenvalue weighted by atomic mass is 9.90. The van der Waals surface area contributed by atoms with Crippen molar-refractivity contribution in [3.63, 3.8) is 0 Å². The first-order valence-electron chi connectivity index (χ1n) is 11.5. The number of piperazine rings is 1. The van der Waals surface area contributed by atoms with Crippen molar-refractivity contribution in [2.24, 2.45) is 0 Å². The van der Waals surface area contributed by atoms with Crippen molar-refractivity contribution >= 4 is 12.0 Å². The third kappa shape index (κ3) is 6.81. The number of carbonyl (C=O) groups excluding carboxylic acids is 2. The molecule has 1 aliphatic heterocycles. The summed E-state index contributed by atoms with van der Waals surface area (Å²) < 4.78 is 18.6. The van der Waals surface area contributed by atoms with Gasteiger partial charge in [-0.1, -0.05) is 48.9 Å². The number of carbonyl (C=O) groups is 2. The number of halogens is 1. The first kappa shape index (κ1) is 22.8. The molecule has 6 nitrogen and oxygen atoms in total. The Morgan fingerprint density at radius 1 is 1.12 bits per heavy atom. The number of benzene rings is 2. The molecule has 2 aromatic rings. The van der Waals surface area contributed by atoms with Crippen LogP contribution < -0.4 is 10.6 Å². The summed E-state index contributed by atoms with van der Waals surface area (Å²) in [5.41, 5.74) is 3.04. The summed E-state index contributed by atoms with van der Waals surface area (Å²) in [5, 5.41) is 6.03. The van der Waals surface area contributed by atoms with Crippen LogP contribution in [0.15, 0.2) is 66.4 Å². The van der Waals surface area contributed by atoms with Gasteiger partial charge in [0, 0.05) is 12.7 Å². The van der Waals surface area contributed by atoms with Crippen molar-refractivity contribution in [3.05, 3.63) is 83.3 Å². The van der Waals surface area contributed by atoms with E-state index in [9.17, 15) is 14.0 Å². The van der Waals surface area contributed by atoms with Crippen LogP contribution in [0.4, 0.5) is 9.18 Å². The second-order valence-corrected chi connectivity index (χ2v) is 8.73. The fourth-order valence-corrected chi connectivity index (χ4v) is 4.47. The topological polar surface area (TPSA) is 70.7 Å². The van der Waals surface area contributed by atoms with Gasteiger partial charge < -0.3 is 20.3 Å². The molecule has 0 bridgehead atoms. The monoisotopic (exact) mass is 451 g/mol. The smallest absolute Gasteiger partial charge is 0.407 e. The minimum absolute atomic E-state index is 0.0344. The molecule has 1 heterocycles. The zero-order valence-electron chi connectivity index (χ0n) is 18.6. The fourth-order valence-electron chi connectivity index (χ4n) is 4.47. The van der Waals surface area contributed by atoms with Gasteiger partial charge in [-0.2, -0.15) is 0 Å². The largest absolute Gasteiger partial charge is 0.445 e. The highest BCUT2D eigenvalue weighted by Crippen LogP contribution is 2.25. The lowest BCUT2D eigenvalue weighted by Gasteiger charge is -2.35. The number of alkyl carbamates (subject to hydrolysis) is 1. The van der Waals surface area contributed by atoms with E-state index >= 15 is 0 Å². The Morgan fingerprint density at radius 2 is 1.91 bits per heavy atom. The Balaban J connectivity index is 1.35. The summed E-state index contributed by atoms with van der Waals surface area (Å²) in [5.74, 6) is -0.302. The minimum atomic E-state index is -0.428.